The highest BCUT2D eigenvalue weighted by Gasteiger charge is 2.47. The number of amides is 1. The molecule has 5 heteroatoms. The summed E-state index contributed by atoms with van der Waals surface area (Å²) < 4.78 is 5.60. The lowest BCUT2D eigenvalue weighted by Gasteiger charge is -2.22. The molecule has 0 aliphatic carbocycles. The number of H-pyrrole nitrogens is 1. The van der Waals surface area contributed by atoms with Gasteiger partial charge in [-0.25, -0.2) is 4.79 Å². The third-order valence-corrected chi connectivity index (χ3v) is 5.69. The highest BCUT2D eigenvalue weighted by molar-refractivity contribution is 5.84. The number of carbonyl (C=O) groups excluding carboxylic acids is 1. The van der Waals surface area contributed by atoms with Crippen LogP contribution < -0.4 is 0 Å². The number of aliphatic imine (C=N–C) groups is 1. The van der Waals surface area contributed by atoms with Crippen molar-refractivity contribution in [3.63, 3.8) is 0 Å². The Bertz CT molecular complexity index is 995. The van der Waals surface area contributed by atoms with Gasteiger partial charge in [-0.3, -0.25) is 4.99 Å². The number of rotatable bonds is 3. The van der Waals surface area contributed by atoms with Gasteiger partial charge in [-0.15, -0.1) is 0 Å². The first-order valence-electron chi connectivity index (χ1n) is 9.36. The van der Waals surface area contributed by atoms with Gasteiger partial charge < -0.3 is 14.6 Å². The van der Waals surface area contributed by atoms with Gasteiger partial charge in [0, 0.05) is 42.2 Å². The topological polar surface area (TPSA) is 57.7 Å². The zero-order valence-electron chi connectivity index (χ0n) is 14.9. The number of likely N-dealkylation sites (tertiary alicyclic amines) is 1. The van der Waals surface area contributed by atoms with Gasteiger partial charge >= 0.3 is 6.09 Å². The number of hydrogen-bond acceptors (Lipinski definition) is 3. The third kappa shape index (κ3) is 2.79. The van der Waals surface area contributed by atoms with Crippen molar-refractivity contribution in [2.45, 2.75) is 31.0 Å². The summed E-state index contributed by atoms with van der Waals surface area (Å²) in [7, 11) is 0. The Hall–Kier alpha value is -3.08. The van der Waals surface area contributed by atoms with Crippen molar-refractivity contribution in [1.82, 2.24) is 9.88 Å². The zero-order valence-corrected chi connectivity index (χ0v) is 14.9. The van der Waals surface area contributed by atoms with Crippen LogP contribution in [0.1, 0.15) is 23.5 Å². The molecule has 1 aromatic heterocycles. The van der Waals surface area contributed by atoms with Crippen LogP contribution in [0.5, 0.6) is 0 Å². The van der Waals surface area contributed by atoms with Crippen LogP contribution in [0.4, 0.5) is 4.79 Å². The summed E-state index contributed by atoms with van der Waals surface area (Å²) in [5.74, 6) is 0.189. The van der Waals surface area contributed by atoms with Gasteiger partial charge in [0.1, 0.15) is 6.61 Å². The van der Waals surface area contributed by atoms with E-state index in [1.165, 1.54) is 10.9 Å². The zero-order chi connectivity index (χ0) is 18.2. The molecule has 5 rings (SSSR count). The number of nitrogens with one attached hydrogen (secondary N) is 1. The Morgan fingerprint density at radius 3 is 2.85 bits per heavy atom. The standard InChI is InChI=1S/C22H21N3O2/c26-22(27-14-15-6-2-1-3-7-15)25-13-18(21-20(25)10-11-23-21)17-12-24-19-9-5-4-8-16(17)19/h1-9,11-12,18,20-21,24H,10,13-14H2/t18-,20+,21+/m0/s1. The van der Waals surface area contributed by atoms with Crippen molar-refractivity contribution < 1.29 is 9.53 Å². The van der Waals surface area contributed by atoms with Crippen molar-refractivity contribution in [3.05, 3.63) is 71.9 Å². The lowest BCUT2D eigenvalue weighted by molar-refractivity contribution is 0.0926. The molecule has 1 fully saturated rings. The smallest absolute Gasteiger partial charge is 0.410 e. The minimum Gasteiger partial charge on any atom is -0.445 e. The number of benzene rings is 2. The number of carbonyl (C=O) groups is 1. The summed E-state index contributed by atoms with van der Waals surface area (Å²) in [6, 6.07) is 18.3. The molecule has 0 spiro atoms. The van der Waals surface area contributed by atoms with Gasteiger partial charge in [-0.05, 0) is 17.2 Å². The lowest BCUT2D eigenvalue weighted by Crippen LogP contribution is -2.37. The fraction of sp³-hybridized carbons (Fsp3) is 0.273. The molecular weight excluding hydrogens is 338 g/mol. The second kappa shape index (κ2) is 6.58. The van der Waals surface area contributed by atoms with Crippen molar-refractivity contribution in [1.29, 1.82) is 0 Å². The van der Waals surface area contributed by atoms with Gasteiger partial charge in [-0.2, -0.15) is 0 Å². The SMILES string of the molecule is O=C(OCc1ccccc1)N1C[C@@H](c2c[nH]c3ccccc23)[C@H]2N=CC[C@H]21. The maximum absolute atomic E-state index is 12.8. The van der Waals surface area contributed by atoms with Gasteiger partial charge in [-0.1, -0.05) is 48.5 Å². The molecule has 0 unspecified atom stereocenters. The molecule has 1 amide bonds. The highest BCUT2D eigenvalue weighted by atomic mass is 16.6. The molecular formula is C22H21N3O2. The van der Waals surface area contributed by atoms with Crippen LogP contribution in [-0.4, -0.2) is 40.8 Å². The van der Waals surface area contributed by atoms with E-state index in [2.05, 4.69) is 29.4 Å². The molecule has 1 saturated heterocycles. The Labute approximate surface area is 157 Å². The first-order chi connectivity index (χ1) is 13.3. The monoisotopic (exact) mass is 359 g/mol. The van der Waals surface area contributed by atoms with Gasteiger partial charge in [0.25, 0.3) is 0 Å². The fourth-order valence-corrected chi connectivity index (χ4v) is 4.36. The van der Waals surface area contributed by atoms with Crippen LogP contribution in [0.3, 0.4) is 0 Å². The van der Waals surface area contributed by atoms with Crippen molar-refractivity contribution in [3.8, 4) is 0 Å². The van der Waals surface area contributed by atoms with Crippen LogP contribution in [0.25, 0.3) is 10.9 Å². The minimum atomic E-state index is -0.248. The largest absolute Gasteiger partial charge is 0.445 e. The molecule has 3 aromatic rings. The minimum absolute atomic E-state index is 0.0898. The van der Waals surface area contributed by atoms with Crippen molar-refractivity contribution >= 4 is 23.2 Å². The second-order valence-electron chi connectivity index (χ2n) is 7.21. The number of fused-ring (bicyclic) bond motifs is 2. The van der Waals surface area contributed by atoms with Crippen LogP contribution in [0.15, 0.2) is 65.8 Å². The van der Waals surface area contributed by atoms with E-state index in [0.717, 1.165) is 17.5 Å². The van der Waals surface area contributed by atoms with Crippen LogP contribution in [0.2, 0.25) is 0 Å². The summed E-state index contributed by atoms with van der Waals surface area (Å²) in [6.07, 6.45) is 4.57. The molecule has 27 heavy (non-hydrogen) atoms. The van der Waals surface area contributed by atoms with E-state index in [0.29, 0.717) is 13.2 Å². The summed E-state index contributed by atoms with van der Waals surface area (Å²) >= 11 is 0. The lowest BCUT2D eigenvalue weighted by atomic mass is 9.92. The Morgan fingerprint density at radius 1 is 1.15 bits per heavy atom. The molecule has 2 aliphatic rings. The van der Waals surface area contributed by atoms with Crippen LogP contribution >= 0.6 is 0 Å². The quantitative estimate of drug-likeness (QED) is 0.765. The molecule has 5 nitrogen and oxygen atoms in total. The van der Waals surface area contributed by atoms with Gasteiger partial charge in [0.15, 0.2) is 0 Å². The van der Waals surface area contributed by atoms with E-state index in [1.807, 2.05) is 47.5 Å². The molecule has 2 aromatic carbocycles. The highest BCUT2D eigenvalue weighted by Crippen LogP contribution is 2.40. The van der Waals surface area contributed by atoms with E-state index < -0.39 is 0 Å². The molecule has 0 saturated carbocycles. The van der Waals surface area contributed by atoms with Crippen molar-refractivity contribution in [2.24, 2.45) is 4.99 Å². The molecule has 1 N–H and O–H groups in total. The average molecular weight is 359 g/mol. The second-order valence-corrected chi connectivity index (χ2v) is 7.21. The molecule has 0 bridgehead atoms. The Balaban J connectivity index is 1.37. The number of para-hydroxylation sites is 1. The number of aromatic amines is 1. The number of aromatic nitrogens is 1. The predicted octanol–water partition coefficient (Wildman–Crippen LogP) is 4.12. The van der Waals surface area contributed by atoms with E-state index in [1.54, 1.807) is 0 Å². The van der Waals surface area contributed by atoms with Gasteiger partial charge in [0.05, 0.1) is 12.1 Å². The van der Waals surface area contributed by atoms with E-state index in [4.69, 9.17) is 9.73 Å². The third-order valence-electron chi connectivity index (χ3n) is 5.69. The van der Waals surface area contributed by atoms with Crippen molar-refractivity contribution in [2.75, 3.05) is 6.54 Å². The molecule has 3 atom stereocenters. The maximum atomic E-state index is 12.8. The molecule has 136 valence electrons. The molecule has 0 radical (unpaired) electrons. The number of nitrogens with zero attached hydrogens (tertiary/aromatic N) is 2. The van der Waals surface area contributed by atoms with E-state index in [9.17, 15) is 4.79 Å². The van der Waals surface area contributed by atoms with Crippen LogP contribution in [0, 0.1) is 0 Å². The van der Waals surface area contributed by atoms with E-state index >= 15 is 0 Å². The fourth-order valence-electron chi connectivity index (χ4n) is 4.36. The molecule has 2 aliphatic heterocycles. The normalized spacial score (nSPS) is 23.7. The molecule has 3 heterocycles. The van der Waals surface area contributed by atoms with Gasteiger partial charge in [0.2, 0.25) is 0 Å². The van der Waals surface area contributed by atoms with E-state index in [-0.39, 0.29) is 24.1 Å². The summed E-state index contributed by atoms with van der Waals surface area (Å²) in [6.45, 7) is 0.939. The number of hydrogen-bond donors (Lipinski definition) is 1. The maximum Gasteiger partial charge on any atom is 0.410 e. The summed E-state index contributed by atoms with van der Waals surface area (Å²) in [5.41, 5.74) is 3.35. The van der Waals surface area contributed by atoms with Crippen LogP contribution in [-0.2, 0) is 11.3 Å². The Morgan fingerprint density at radius 2 is 1.96 bits per heavy atom. The number of ether oxygens (including phenoxy) is 1. The summed E-state index contributed by atoms with van der Waals surface area (Å²) in [5, 5.41) is 1.21. The first kappa shape index (κ1) is 16.1. The Kier molecular flexibility index (Phi) is 3.93. The predicted molar refractivity (Wildman–Crippen MR) is 105 cm³/mol. The first-order valence-corrected chi connectivity index (χ1v) is 9.36. The summed E-state index contributed by atoms with van der Waals surface area (Å²) in [4.78, 5) is 22.7. The average Bonchev–Trinajstić information content (AvgIpc) is 3.42.